The van der Waals surface area contributed by atoms with Gasteiger partial charge in [-0.15, -0.1) is 0 Å². The minimum Gasteiger partial charge on any atom is -0.497 e. The molecule has 1 saturated heterocycles. The Morgan fingerprint density at radius 1 is 0.870 bits per heavy atom. The van der Waals surface area contributed by atoms with Crippen LogP contribution in [0.1, 0.15) is 41.5 Å². The molecule has 1 aromatic carbocycles. The van der Waals surface area contributed by atoms with Crippen molar-refractivity contribution in [1.82, 2.24) is 0 Å². The van der Waals surface area contributed by atoms with E-state index in [0.29, 0.717) is 17.2 Å². The highest BCUT2D eigenvalue weighted by Crippen LogP contribution is 2.39. The molecule has 0 unspecified atom stereocenters. The number of hydrogen-bond acceptors (Lipinski definition) is 5. The fraction of sp³-hybridized carbons (Fsp3) is 0.647. The monoisotopic (exact) mass is 322 g/mol. The molecule has 1 heterocycles. The van der Waals surface area contributed by atoms with Gasteiger partial charge in [-0.3, -0.25) is 0 Å². The third kappa shape index (κ3) is 3.43. The molecule has 0 radical (unpaired) electrons. The van der Waals surface area contributed by atoms with Crippen molar-refractivity contribution in [3.05, 3.63) is 12.1 Å². The van der Waals surface area contributed by atoms with Crippen molar-refractivity contribution in [3.63, 3.8) is 0 Å². The fourth-order valence-corrected chi connectivity index (χ4v) is 2.39. The average Bonchev–Trinajstić information content (AvgIpc) is 2.66. The van der Waals surface area contributed by atoms with Gasteiger partial charge in [-0.05, 0) is 47.6 Å². The first-order chi connectivity index (χ1) is 10.6. The number of methoxy groups -OCH3 is 2. The number of rotatable bonds is 5. The van der Waals surface area contributed by atoms with Crippen molar-refractivity contribution in [1.29, 1.82) is 0 Å². The second-order valence-electron chi connectivity index (χ2n) is 7.00. The van der Waals surface area contributed by atoms with E-state index in [9.17, 15) is 0 Å². The van der Waals surface area contributed by atoms with Gasteiger partial charge < -0.3 is 23.5 Å². The summed E-state index contributed by atoms with van der Waals surface area (Å²) in [7, 11) is 2.72. The van der Waals surface area contributed by atoms with Crippen LogP contribution in [0.5, 0.6) is 17.2 Å². The Bertz CT molecular complexity index is 552. The first-order valence-corrected chi connectivity index (χ1v) is 7.89. The van der Waals surface area contributed by atoms with E-state index < -0.39 is 18.3 Å². The summed E-state index contributed by atoms with van der Waals surface area (Å²) >= 11 is 0. The van der Waals surface area contributed by atoms with Crippen molar-refractivity contribution >= 4 is 12.6 Å². The summed E-state index contributed by atoms with van der Waals surface area (Å²) in [5.41, 5.74) is -0.0365. The fourth-order valence-electron chi connectivity index (χ4n) is 2.39. The van der Waals surface area contributed by atoms with Gasteiger partial charge in [0.1, 0.15) is 5.75 Å². The zero-order valence-corrected chi connectivity index (χ0v) is 15.4. The summed E-state index contributed by atoms with van der Waals surface area (Å²) in [4.78, 5) is 0. The van der Waals surface area contributed by atoms with Gasteiger partial charge in [0.25, 0.3) is 0 Å². The lowest BCUT2D eigenvalue weighted by atomic mass is 9.78. The summed E-state index contributed by atoms with van der Waals surface area (Å²) in [5.74, 6) is 1.92. The number of hydrogen-bond donors (Lipinski definition) is 0. The van der Waals surface area contributed by atoms with Crippen LogP contribution in [-0.2, 0) is 9.31 Å². The van der Waals surface area contributed by atoms with E-state index >= 15 is 0 Å². The van der Waals surface area contributed by atoms with Crippen LogP contribution in [0.3, 0.4) is 0 Å². The average molecular weight is 322 g/mol. The van der Waals surface area contributed by atoms with Gasteiger partial charge in [-0.1, -0.05) is 0 Å². The quantitative estimate of drug-likeness (QED) is 0.780. The zero-order valence-electron chi connectivity index (χ0n) is 15.4. The summed E-state index contributed by atoms with van der Waals surface area (Å²) in [6.45, 7) is 12.0. The molecular formula is C17H27BO5. The van der Waals surface area contributed by atoms with Gasteiger partial charge in [0.05, 0.1) is 31.5 Å². The Morgan fingerprint density at radius 2 is 1.39 bits per heavy atom. The Hall–Kier alpha value is -1.40. The van der Waals surface area contributed by atoms with Crippen molar-refractivity contribution in [2.75, 3.05) is 14.2 Å². The third-order valence-corrected chi connectivity index (χ3v) is 4.39. The van der Waals surface area contributed by atoms with Gasteiger partial charge in [0.15, 0.2) is 11.5 Å². The first-order valence-electron chi connectivity index (χ1n) is 7.89. The zero-order chi connectivity index (χ0) is 17.4. The Labute approximate surface area is 139 Å². The first kappa shape index (κ1) is 18.0. The second-order valence-corrected chi connectivity index (χ2v) is 7.00. The smallest absolute Gasteiger partial charge is 0.497 e. The highest BCUT2D eigenvalue weighted by Gasteiger charge is 2.52. The molecule has 23 heavy (non-hydrogen) atoms. The van der Waals surface area contributed by atoms with Gasteiger partial charge >= 0.3 is 7.12 Å². The molecule has 1 aromatic rings. The molecule has 0 spiro atoms. The topological polar surface area (TPSA) is 46.2 Å². The predicted octanol–water partition coefficient (Wildman–Crippen LogP) is 2.79. The lowest BCUT2D eigenvalue weighted by molar-refractivity contribution is 0.00578. The maximum Gasteiger partial charge on any atom is 0.498 e. The molecule has 0 aromatic heterocycles. The van der Waals surface area contributed by atoms with E-state index in [1.807, 2.05) is 53.7 Å². The maximum atomic E-state index is 6.11. The lowest BCUT2D eigenvalue weighted by Crippen LogP contribution is -2.41. The van der Waals surface area contributed by atoms with Gasteiger partial charge in [-0.25, -0.2) is 0 Å². The molecule has 6 heteroatoms. The minimum absolute atomic E-state index is 0.0382. The standard InChI is InChI=1S/C17H27BO5/c1-11(2)21-15-10-13(19-7)12(9-14(15)20-8)18-22-16(3,4)17(5,6)23-18/h9-11H,1-8H3. The van der Waals surface area contributed by atoms with Crippen molar-refractivity contribution in [2.24, 2.45) is 0 Å². The predicted molar refractivity (Wildman–Crippen MR) is 91.0 cm³/mol. The van der Waals surface area contributed by atoms with Crippen LogP contribution >= 0.6 is 0 Å². The number of benzene rings is 1. The minimum atomic E-state index is -0.517. The van der Waals surface area contributed by atoms with Crippen LogP contribution in [0.4, 0.5) is 0 Å². The highest BCUT2D eigenvalue weighted by atomic mass is 16.7. The lowest BCUT2D eigenvalue weighted by Gasteiger charge is -2.32. The van der Waals surface area contributed by atoms with Gasteiger partial charge in [0.2, 0.25) is 0 Å². The summed E-state index contributed by atoms with van der Waals surface area (Å²) < 4.78 is 29.0. The largest absolute Gasteiger partial charge is 0.498 e. The molecule has 128 valence electrons. The van der Waals surface area contributed by atoms with Crippen LogP contribution in [0.15, 0.2) is 12.1 Å². The molecule has 5 nitrogen and oxygen atoms in total. The van der Waals surface area contributed by atoms with Crippen molar-refractivity contribution in [2.45, 2.75) is 58.8 Å². The molecule has 0 bridgehead atoms. The SMILES string of the molecule is COc1cc(B2OC(C)(C)C(C)(C)O2)c(OC)cc1OC(C)C. The molecular weight excluding hydrogens is 295 g/mol. The van der Waals surface area contributed by atoms with Gasteiger partial charge in [0, 0.05) is 11.5 Å². The van der Waals surface area contributed by atoms with E-state index in [-0.39, 0.29) is 6.10 Å². The molecule has 0 N–H and O–H groups in total. The molecule has 1 aliphatic heterocycles. The molecule has 0 saturated carbocycles. The van der Waals surface area contributed by atoms with Crippen LogP contribution in [0.2, 0.25) is 0 Å². The van der Waals surface area contributed by atoms with E-state index in [4.69, 9.17) is 23.5 Å². The number of ether oxygens (including phenoxy) is 3. The Kier molecular flexibility index (Phi) is 4.88. The Morgan fingerprint density at radius 3 is 1.83 bits per heavy atom. The summed E-state index contributed by atoms with van der Waals surface area (Å²) in [5, 5.41) is 0. The normalized spacial score (nSPS) is 19.1. The molecule has 0 atom stereocenters. The van der Waals surface area contributed by atoms with E-state index in [1.54, 1.807) is 14.2 Å². The molecule has 0 aliphatic carbocycles. The van der Waals surface area contributed by atoms with Crippen LogP contribution in [0.25, 0.3) is 0 Å². The molecule has 1 fully saturated rings. The highest BCUT2D eigenvalue weighted by molar-refractivity contribution is 6.63. The van der Waals surface area contributed by atoms with E-state index in [1.165, 1.54) is 0 Å². The van der Waals surface area contributed by atoms with E-state index in [0.717, 1.165) is 5.46 Å². The van der Waals surface area contributed by atoms with Gasteiger partial charge in [-0.2, -0.15) is 0 Å². The van der Waals surface area contributed by atoms with Crippen LogP contribution in [0, 0.1) is 0 Å². The van der Waals surface area contributed by atoms with Crippen molar-refractivity contribution in [3.8, 4) is 17.2 Å². The Balaban J connectivity index is 2.43. The summed E-state index contributed by atoms with van der Waals surface area (Å²) in [6, 6.07) is 3.68. The molecule has 1 aliphatic rings. The van der Waals surface area contributed by atoms with Crippen LogP contribution < -0.4 is 19.7 Å². The summed E-state index contributed by atoms with van der Waals surface area (Å²) in [6.07, 6.45) is 0.0382. The maximum absolute atomic E-state index is 6.11. The van der Waals surface area contributed by atoms with Crippen LogP contribution in [-0.4, -0.2) is 38.6 Å². The third-order valence-electron chi connectivity index (χ3n) is 4.39. The van der Waals surface area contributed by atoms with Crippen molar-refractivity contribution < 1.29 is 23.5 Å². The second kappa shape index (κ2) is 6.25. The molecule has 2 rings (SSSR count). The molecule has 0 amide bonds. The van der Waals surface area contributed by atoms with E-state index in [2.05, 4.69) is 0 Å².